The average molecular weight is 308 g/mol. The summed E-state index contributed by atoms with van der Waals surface area (Å²) in [6.45, 7) is 1.84. The minimum atomic E-state index is -3.89. The lowest BCUT2D eigenvalue weighted by Crippen LogP contribution is -2.14. The van der Waals surface area contributed by atoms with Gasteiger partial charge in [-0.05, 0) is 19.1 Å². The summed E-state index contributed by atoms with van der Waals surface area (Å²) >= 11 is 5.83. The van der Waals surface area contributed by atoms with Crippen molar-refractivity contribution >= 4 is 21.4 Å². The molecule has 0 aliphatic carbocycles. The zero-order valence-electron chi connectivity index (χ0n) is 10.5. The quantitative estimate of drug-likeness (QED) is 0.869. The molecule has 0 saturated heterocycles. The van der Waals surface area contributed by atoms with E-state index in [1.54, 1.807) is 18.2 Å². The van der Waals surface area contributed by atoms with E-state index in [0.29, 0.717) is 0 Å². The first-order valence-electron chi connectivity index (χ1n) is 5.63. The molecule has 2 rings (SSSR count). The lowest BCUT2D eigenvalue weighted by molar-refractivity contribution is 0.590. The van der Waals surface area contributed by atoms with Gasteiger partial charge in [-0.1, -0.05) is 29.3 Å². The fourth-order valence-electron chi connectivity index (χ4n) is 1.65. The van der Waals surface area contributed by atoms with Crippen LogP contribution in [0.3, 0.4) is 0 Å². The van der Waals surface area contributed by atoms with E-state index in [2.05, 4.69) is 9.97 Å². The van der Waals surface area contributed by atoms with Crippen LogP contribution in [0.2, 0.25) is 5.15 Å². The molecule has 0 aliphatic heterocycles. The third-order valence-corrected chi connectivity index (χ3v) is 4.87. The van der Waals surface area contributed by atoms with Crippen molar-refractivity contribution in [2.24, 2.45) is 0 Å². The van der Waals surface area contributed by atoms with Gasteiger partial charge in [0.25, 0.3) is 0 Å². The molecule has 0 spiro atoms. The van der Waals surface area contributed by atoms with Gasteiger partial charge >= 0.3 is 0 Å². The highest BCUT2D eigenvalue weighted by molar-refractivity contribution is 7.92. The molecular weight excluding hydrogens is 298 g/mol. The number of rotatable bonds is 3. The minimum Gasteiger partial charge on any atom is -0.254 e. The molecule has 7 heteroatoms. The minimum absolute atomic E-state index is 0.0522. The Bertz CT molecular complexity index is 767. The van der Waals surface area contributed by atoms with Crippen LogP contribution in [0, 0.1) is 18.3 Å². The molecule has 1 atom stereocenters. The molecule has 1 aromatic carbocycles. The van der Waals surface area contributed by atoms with Gasteiger partial charge in [0.05, 0.1) is 11.0 Å². The lowest BCUT2D eigenvalue weighted by atomic mass is 10.2. The van der Waals surface area contributed by atoms with Gasteiger partial charge in [-0.15, -0.1) is 0 Å². The van der Waals surface area contributed by atoms with Crippen LogP contribution in [0.15, 0.2) is 41.6 Å². The summed E-state index contributed by atoms with van der Waals surface area (Å²) in [5.41, 5.74) is 0.868. The van der Waals surface area contributed by atoms with E-state index in [4.69, 9.17) is 11.6 Å². The molecule has 2 aromatic rings. The Morgan fingerprint density at radius 1 is 1.20 bits per heavy atom. The van der Waals surface area contributed by atoms with Gasteiger partial charge in [0.1, 0.15) is 5.69 Å². The number of aromatic nitrogens is 2. The third kappa shape index (κ3) is 2.64. The highest BCUT2D eigenvalue weighted by Gasteiger charge is 2.32. The average Bonchev–Trinajstić information content (AvgIpc) is 2.42. The third-order valence-electron chi connectivity index (χ3n) is 2.70. The Labute approximate surface area is 121 Å². The van der Waals surface area contributed by atoms with E-state index in [9.17, 15) is 13.7 Å². The standard InChI is InChI=1S/C13H10ClN3O2S/c1-9-2-4-10(5-3-9)20(18,19)11(8-15)12-13(14)17-7-6-16-12/h2-7,11H,1H3/t11-/m1/s1. The maximum absolute atomic E-state index is 12.5. The van der Waals surface area contributed by atoms with Gasteiger partial charge in [-0.2, -0.15) is 5.26 Å². The second-order valence-electron chi connectivity index (χ2n) is 4.10. The van der Waals surface area contributed by atoms with Gasteiger partial charge in [0, 0.05) is 12.4 Å². The summed E-state index contributed by atoms with van der Waals surface area (Å²) in [5.74, 6) is 0. The van der Waals surface area contributed by atoms with Crippen molar-refractivity contribution in [2.45, 2.75) is 17.1 Å². The van der Waals surface area contributed by atoms with Crippen LogP contribution in [-0.4, -0.2) is 18.4 Å². The highest BCUT2D eigenvalue weighted by atomic mass is 35.5. The van der Waals surface area contributed by atoms with Crippen molar-refractivity contribution in [3.63, 3.8) is 0 Å². The zero-order chi connectivity index (χ0) is 14.8. The van der Waals surface area contributed by atoms with Gasteiger partial charge in [0.15, 0.2) is 10.4 Å². The second kappa shape index (κ2) is 5.57. The molecule has 0 N–H and O–H groups in total. The van der Waals surface area contributed by atoms with Crippen molar-refractivity contribution in [1.82, 2.24) is 9.97 Å². The first kappa shape index (κ1) is 14.4. The molecule has 1 heterocycles. The molecule has 0 unspecified atom stereocenters. The van der Waals surface area contributed by atoms with Crippen molar-refractivity contribution < 1.29 is 8.42 Å². The lowest BCUT2D eigenvalue weighted by Gasteiger charge is -2.11. The molecule has 5 nitrogen and oxygen atoms in total. The summed E-state index contributed by atoms with van der Waals surface area (Å²) in [6.07, 6.45) is 2.63. The molecular formula is C13H10ClN3O2S. The second-order valence-corrected chi connectivity index (χ2v) is 6.49. The Morgan fingerprint density at radius 3 is 2.35 bits per heavy atom. The molecule has 102 valence electrons. The molecule has 20 heavy (non-hydrogen) atoms. The molecule has 0 bridgehead atoms. The van der Waals surface area contributed by atoms with Gasteiger partial charge in [-0.25, -0.2) is 13.4 Å². The predicted octanol–water partition coefficient (Wildman–Crippen LogP) is 2.48. The number of aryl methyl sites for hydroxylation is 1. The van der Waals surface area contributed by atoms with Gasteiger partial charge < -0.3 is 0 Å². The fraction of sp³-hybridized carbons (Fsp3) is 0.154. The number of halogens is 1. The van der Waals surface area contributed by atoms with Crippen LogP contribution in [0.1, 0.15) is 16.5 Å². The largest absolute Gasteiger partial charge is 0.254 e. The summed E-state index contributed by atoms with van der Waals surface area (Å²) in [7, 11) is -3.89. The molecule has 0 aliphatic rings. The molecule has 1 aromatic heterocycles. The van der Waals surface area contributed by atoms with Gasteiger partial charge in [-0.3, -0.25) is 4.98 Å². The van der Waals surface area contributed by atoms with Crippen molar-refractivity contribution in [3.8, 4) is 6.07 Å². The van der Waals surface area contributed by atoms with E-state index in [-0.39, 0.29) is 15.7 Å². The first-order valence-corrected chi connectivity index (χ1v) is 7.56. The fourth-order valence-corrected chi connectivity index (χ4v) is 3.32. The maximum Gasteiger partial charge on any atom is 0.200 e. The van der Waals surface area contributed by atoms with E-state index >= 15 is 0 Å². The SMILES string of the molecule is Cc1ccc(S(=O)(=O)[C@H](C#N)c2nccnc2Cl)cc1. The Balaban J connectivity index is 2.55. The van der Waals surface area contributed by atoms with E-state index in [1.807, 2.05) is 6.92 Å². The van der Waals surface area contributed by atoms with Crippen LogP contribution in [0.4, 0.5) is 0 Å². The van der Waals surface area contributed by atoms with E-state index in [1.165, 1.54) is 24.5 Å². The topological polar surface area (TPSA) is 83.7 Å². The predicted molar refractivity (Wildman–Crippen MR) is 73.8 cm³/mol. The van der Waals surface area contributed by atoms with E-state index in [0.717, 1.165) is 5.56 Å². The summed E-state index contributed by atoms with van der Waals surface area (Å²) in [5, 5.41) is 7.63. The summed E-state index contributed by atoms with van der Waals surface area (Å²) in [6, 6.07) is 7.99. The number of nitrogens with zero attached hydrogens (tertiary/aromatic N) is 3. The van der Waals surface area contributed by atoms with Gasteiger partial charge in [0.2, 0.25) is 9.84 Å². The highest BCUT2D eigenvalue weighted by Crippen LogP contribution is 2.30. The van der Waals surface area contributed by atoms with Crippen LogP contribution in [-0.2, 0) is 9.84 Å². The first-order chi connectivity index (χ1) is 9.46. The Morgan fingerprint density at radius 2 is 1.80 bits per heavy atom. The number of sulfone groups is 1. The van der Waals surface area contributed by atoms with Crippen molar-refractivity contribution in [3.05, 3.63) is 53.1 Å². The molecule has 0 amide bonds. The number of benzene rings is 1. The number of nitriles is 1. The molecule has 0 saturated carbocycles. The van der Waals surface area contributed by atoms with Crippen molar-refractivity contribution in [1.29, 1.82) is 5.26 Å². The van der Waals surface area contributed by atoms with Crippen LogP contribution in [0.25, 0.3) is 0 Å². The number of hydrogen-bond donors (Lipinski definition) is 0. The van der Waals surface area contributed by atoms with Crippen LogP contribution < -0.4 is 0 Å². The molecule has 0 fully saturated rings. The van der Waals surface area contributed by atoms with E-state index < -0.39 is 15.1 Å². The zero-order valence-corrected chi connectivity index (χ0v) is 12.1. The number of hydrogen-bond acceptors (Lipinski definition) is 5. The summed E-state index contributed by atoms with van der Waals surface area (Å²) < 4.78 is 25.0. The van der Waals surface area contributed by atoms with Crippen molar-refractivity contribution in [2.75, 3.05) is 0 Å². The molecule has 0 radical (unpaired) electrons. The van der Waals surface area contributed by atoms with Crippen LogP contribution >= 0.6 is 11.6 Å². The normalized spacial score (nSPS) is 12.7. The monoisotopic (exact) mass is 307 g/mol. The maximum atomic E-state index is 12.5. The Kier molecular flexibility index (Phi) is 4.02. The Hall–Kier alpha value is -1.97. The smallest absolute Gasteiger partial charge is 0.200 e. The summed E-state index contributed by atoms with van der Waals surface area (Å²) in [4.78, 5) is 7.67. The van der Waals surface area contributed by atoms with Crippen LogP contribution in [0.5, 0.6) is 0 Å².